The monoisotopic (exact) mass is 436 g/mol. The predicted octanol–water partition coefficient (Wildman–Crippen LogP) is 2.49. The van der Waals surface area contributed by atoms with Crippen LogP contribution in [0.5, 0.6) is 0 Å². The molecule has 31 heavy (non-hydrogen) atoms. The number of hydrogen-bond donors (Lipinski definition) is 2. The smallest absolute Gasteiger partial charge is 0.190 e. The first kappa shape index (κ1) is 21.0. The molecular weight excluding hydrogens is 400 g/mol. The summed E-state index contributed by atoms with van der Waals surface area (Å²) in [4.78, 5) is 0. The molecule has 2 bridgehead atoms. The molecular formula is C24H36O7. The van der Waals surface area contributed by atoms with Gasteiger partial charge in [0.05, 0.1) is 11.7 Å². The van der Waals surface area contributed by atoms with Crippen LogP contribution in [-0.2, 0) is 23.7 Å². The fraction of sp³-hybridized carbons (Fsp3) is 0.917. The Morgan fingerprint density at radius 1 is 0.935 bits per heavy atom. The lowest BCUT2D eigenvalue weighted by molar-refractivity contribution is -0.321. The fourth-order valence-electron chi connectivity index (χ4n) is 7.61. The van der Waals surface area contributed by atoms with Crippen molar-refractivity contribution >= 4 is 0 Å². The van der Waals surface area contributed by atoms with E-state index in [9.17, 15) is 10.2 Å². The van der Waals surface area contributed by atoms with Crippen molar-refractivity contribution in [2.75, 3.05) is 6.61 Å². The minimum Gasteiger partial charge on any atom is -0.387 e. The molecule has 0 amide bonds. The predicted molar refractivity (Wildman–Crippen MR) is 110 cm³/mol. The molecule has 174 valence electrons. The largest absolute Gasteiger partial charge is 0.387 e. The van der Waals surface area contributed by atoms with Crippen molar-refractivity contribution in [3.63, 3.8) is 0 Å². The summed E-state index contributed by atoms with van der Waals surface area (Å²) in [7, 11) is 0. The van der Waals surface area contributed by atoms with Crippen LogP contribution in [0.15, 0.2) is 12.2 Å². The first-order valence-electron chi connectivity index (χ1n) is 12.3. The van der Waals surface area contributed by atoms with Gasteiger partial charge >= 0.3 is 0 Å². The van der Waals surface area contributed by atoms with E-state index in [1.54, 1.807) is 0 Å². The first-order chi connectivity index (χ1) is 15.0. The van der Waals surface area contributed by atoms with Crippen molar-refractivity contribution in [2.24, 2.45) is 23.7 Å². The molecule has 3 saturated heterocycles. The van der Waals surface area contributed by atoms with E-state index in [4.69, 9.17) is 23.7 Å². The first-order valence-corrected chi connectivity index (χ1v) is 12.3. The number of epoxide rings is 1. The van der Waals surface area contributed by atoms with Crippen LogP contribution in [0.1, 0.15) is 58.3 Å². The highest BCUT2D eigenvalue weighted by Gasteiger charge is 2.62. The Kier molecular flexibility index (Phi) is 5.26. The van der Waals surface area contributed by atoms with E-state index in [2.05, 4.69) is 13.5 Å². The van der Waals surface area contributed by atoms with Gasteiger partial charge in [0.15, 0.2) is 18.9 Å². The third kappa shape index (κ3) is 3.43. The van der Waals surface area contributed by atoms with E-state index in [1.807, 2.05) is 0 Å². The zero-order valence-corrected chi connectivity index (χ0v) is 18.4. The molecule has 0 aromatic carbocycles. The summed E-state index contributed by atoms with van der Waals surface area (Å²) in [6.45, 7) is 6.67. The van der Waals surface area contributed by atoms with Crippen LogP contribution in [0.2, 0.25) is 0 Å². The zero-order chi connectivity index (χ0) is 21.3. The van der Waals surface area contributed by atoms with Crippen LogP contribution in [0.4, 0.5) is 0 Å². The Balaban J connectivity index is 1.41. The lowest BCUT2D eigenvalue weighted by Crippen LogP contribution is -2.62. The molecule has 0 aromatic rings. The van der Waals surface area contributed by atoms with E-state index in [0.717, 1.165) is 44.1 Å². The number of ether oxygens (including phenoxy) is 5. The van der Waals surface area contributed by atoms with Gasteiger partial charge in [0.25, 0.3) is 0 Å². The molecule has 7 nitrogen and oxygen atoms in total. The maximum atomic E-state index is 11.1. The van der Waals surface area contributed by atoms with Crippen molar-refractivity contribution in [3.05, 3.63) is 12.2 Å². The van der Waals surface area contributed by atoms with Gasteiger partial charge in [-0.25, -0.2) is 0 Å². The Morgan fingerprint density at radius 2 is 1.77 bits per heavy atom. The molecule has 0 aromatic heterocycles. The van der Waals surface area contributed by atoms with E-state index in [-0.39, 0.29) is 24.4 Å². The van der Waals surface area contributed by atoms with Crippen LogP contribution in [0, 0.1) is 23.7 Å². The highest BCUT2D eigenvalue weighted by atomic mass is 16.8. The Hall–Kier alpha value is -0.540. The van der Waals surface area contributed by atoms with Crippen LogP contribution in [0.25, 0.3) is 0 Å². The minimum atomic E-state index is -1.07. The lowest BCUT2D eigenvalue weighted by atomic mass is 9.54. The third-order valence-corrected chi connectivity index (χ3v) is 9.08. The van der Waals surface area contributed by atoms with Crippen LogP contribution >= 0.6 is 0 Å². The van der Waals surface area contributed by atoms with Crippen LogP contribution < -0.4 is 0 Å². The quantitative estimate of drug-likeness (QED) is 0.445. The number of rotatable bonds is 0. The average Bonchev–Trinajstić information content (AvgIpc) is 3.53. The van der Waals surface area contributed by atoms with Gasteiger partial charge in [0.2, 0.25) is 0 Å². The average molecular weight is 437 g/mol. The molecule has 6 rings (SSSR count). The number of fused-ring (bicyclic) bond motifs is 4. The molecule has 3 heterocycles. The highest BCUT2D eigenvalue weighted by Crippen LogP contribution is 2.58. The van der Waals surface area contributed by atoms with E-state index in [1.165, 1.54) is 12.8 Å². The summed E-state index contributed by atoms with van der Waals surface area (Å²) >= 11 is 0. The maximum Gasteiger partial charge on any atom is 0.190 e. The standard InChI is InChI=1S/C24H36O7/c1-12-4-3-9-24-15(12)6-5-14-10-13(2)17(8-7-16(14)24)28-18(25)11-27-22-21(31-24)19(26)20-23(29-20)30-22/h12,14-23,25-26H,2-11H2,1H3/t12-,14?,15?,16+,17?,18-,19?,20?,21?,22?,23?,24-/m0/s1. The van der Waals surface area contributed by atoms with Gasteiger partial charge in [-0.1, -0.05) is 26.3 Å². The van der Waals surface area contributed by atoms with Crippen LogP contribution in [0.3, 0.4) is 0 Å². The van der Waals surface area contributed by atoms with Crippen molar-refractivity contribution in [3.8, 4) is 0 Å². The molecule has 3 aliphatic carbocycles. The molecule has 8 unspecified atom stereocenters. The van der Waals surface area contributed by atoms with Crippen molar-refractivity contribution in [1.82, 2.24) is 0 Å². The number of aliphatic hydroxyl groups excluding tert-OH is 2. The van der Waals surface area contributed by atoms with Gasteiger partial charge in [-0.3, -0.25) is 0 Å². The highest BCUT2D eigenvalue weighted by molar-refractivity contribution is 5.14. The Morgan fingerprint density at radius 3 is 2.65 bits per heavy atom. The summed E-state index contributed by atoms with van der Waals surface area (Å²) < 4.78 is 30.5. The van der Waals surface area contributed by atoms with Gasteiger partial charge < -0.3 is 33.9 Å². The molecule has 7 heteroatoms. The van der Waals surface area contributed by atoms with Gasteiger partial charge in [0.1, 0.15) is 24.9 Å². The Bertz CT molecular complexity index is 714. The topological polar surface area (TPSA) is 89.9 Å². The maximum absolute atomic E-state index is 11.1. The fourth-order valence-corrected chi connectivity index (χ4v) is 7.61. The van der Waals surface area contributed by atoms with Crippen molar-refractivity contribution < 1.29 is 33.9 Å². The summed E-state index contributed by atoms with van der Waals surface area (Å²) in [5.41, 5.74) is 0.776. The third-order valence-electron chi connectivity index (χ3n) is 9.08. The number of hydrogen-bond acceptors (Lipinski definition) is 7. The second-order valence-electron chi connectivity index (χ2n) is 10.8. The molecule has 1 spiro atoms. The van der Waals surface area contributed by atoms with E-state index >= 15 is 0 Å². The van der Waals surface area contributed by atoms with E-state index in [0.29, 0.717) is 23.7 Å². The van der Waals surface area contributed by atoms with Gasteiger partial charge in [-0.15, -0.1) is 0 Å². The second-order valence-corrected chi connectivity index (χ2v) is 10.8. The molecule has 3 saturated carbocycles. The normalized spacial score (nSPS) is 56.9. The van der Waals surface area contributed by atoms with Crippen LogP contribution in [-0.4, -0.2) is 65.7 Å². The van der Waals surface area contributed by atoms with Crippen molar-refractivity contribution in [2.45, 2.75) is 107 Å². The SMILES string of the molecule is C=C1CC2CCC3[C@@H](C)CCC[C@]34OC3C(OC[C@@H](O)OC1CC[C@H]24)OC1OC1C3O. The molecule has 12 atom stereocenters. The molecule has 2 N–H and O–H groups in total. The molecule has 6 aliphatic rings. The molecule has 3 aliphatic heterocycles. The summed E-state index contributed by atoms with van der Waals surface area (Å²) in [6, 6.07) is 0. The lowest BCUT2D eigenvalue weighted by Gasteiger charge is -2.58. The van der Waals surface area contributed by atoms with Gasteiger partial charge in [-0.05, 0) is 67.8 Å². The summed E-state index contributed by atoms with van der Waals surface area (Å²) in [5.74, 6) is 1.93. The summed E-state index contributed by atoms with van der Waals surface area (Å²) in [6.07, 6.45) is 4.17. The second kappa shape index (κ2) is 7.76. The van der Waals surface area contributed by atoms with Gasteiger partial charge in [0, 0.05) is 0 Å². The zero-order valence-electron chi connectivity index (χ0n) is 18.4. The van der Waals surface area contributed by atoms with E-state index < -0.39 is 31.1 Å². The Labute approximate surface area is 184 Å². The number of aliphatic hydroxyl groups is 2. The molecule has 0 radical (unpaired) electrons. The summed E-state index contributed by atoms with van der Waals surface area (Å²) in [5, 5.41) is 21.6. The van der Waals surface area contributed by atoms with Gasteiger partial charge in [-0.2, -0.15) is 0 Å². The molecule has 6 fully saturated rings. The minimum absolute atomic E-state index is 0.0435. The van der Waals surface area contributed by atoms with Crippen molar-refractivity contribution in [1.29, 1.82) is 0 Å².